The number of rotatable bonds is 4. The average Bonchev–Trinajstić information content (AvgIpc) is 2.31. The van der Waals surface area contributed by atoms with Crippen LogP contribution in [0.15, 0.2) is 24.3 Å². The molecule has 0 heterocycles. The average molecular weight is 221 g/mol. The van der Waals surface area contributed by atoms with Crippen molar-refractivity contribution >= 4 is 11.7 Å². The zero-order chi connectivity index (χ0) is 12.0. The van der Waals surface area contributed by atoms with E-state index in [0.717, 1.165) is 11.3 Å². The second-order valence-corrected chi connectivity index (χ2v) is 3.50. The van der Waals surface area contributed by atoms with Gasteiger partial charge in [0.15, 0.2) is 0 Å². The van der Waals surface area contributed by atoms with Gasteiger partial charge in [-0.3, -0.25) is 0 Å². The zero-order valence-electron chi connectivity index (χ0n) is 9.86. The molecule has 0 aliphatic rings. The van der Waals surface area contributed by atoms with Gasteiger partial charge in [0.05, 0.1) is 0 Å². The van der Waals surface area contributed by atoms with Crippen LogP contribution in [0.5, 0.6) is 0 Å². The molecule has 0 aromatic heterocycles. The first kappa shape index (κ1) is 12.5. The largest absolute Gasteiger partial charge is 0.326 e. The van der Waals surface area contributed by atoms with Crippen LogP contribution in [-0.4, -0.2) is 24.0 Å². The highest BCUT2D eigenvalue weighted by atomic mass is 16.2. The summed E-state index contributed by atoms with van der Waals surface area (Å²) in [5.41, 5.74) is 7.35. The fourth-order valence-corrected chi connectivity index (χ4v) is 1.44. The Kier molecular flexibility index (Phi) is 4.79. The van der Waals surface area contributed by atoms with E-state index in [-0.39, 0.29) is 6.03 Å². The summed E-state index contributed by atoms with van der Waals surface area (Å²) in [4.78, 5) is 13.5. The molecule has 1 aromatic carbocycles. The monoisotopic (exact) mass is 221 g/mol. The van der Waals surface area contributed by atoms with Gasteiger partial charge in [0.25, 0.3) is 0 Å². The highest BCUT2D eigenvalue weighted by Gasteiger charge is 2.08. The van der Waals surface area contributed by atoms with Gasteiger partial charge >= 0.3 is 6.03 Å². The highest BCUT2D eigenvalue weighted by Crippen LogP contribution is 2.09. The van der Waals surface area contributed by atoms with Crippen molar-refractivity contribution in [2.24, 2.45) is 5.73 Å². The van der Waals surface area contributed by atoms with Crippen LogP contribution < -0.4 is 11.1 Å². The Balaban J connectivity index is 2.62. The van der Waals surface area contributed by atoms with Crippen molar-refractivity contribution in [1.82, 2.24) is 4.90 Å². The van der Waals surface area contributed by atoms with Gasteiger partial charge in [-0.05, 0) is 31.5 Å². The molecule has 0 spiro atoms. The molecule has 0 fully saturated rings. The molecule has 0 aliphatic heterocycles. The maximum Gasteiger partial charge on any atom is 0.321 e. The molecule has 88 valence electrons. The van der Waals surface area contributed by atoms with E-state index in [1.165, 1.54) is 0 Å². The van der Waals surface area contributed by atoms with Crippen molar-refractivity contribution < 1.29 is 4.79 Å². The van der Waals surface area contributed by atoms with Crippen molar-refractivity contribution in [1.29, 1.82) is 0 Å². The Morgan fingerprint density at radius 2 is 1.81 bits per heavy atom. The molecule has 4 nitrogen and oxygen atoms in total. The molecule has 2 amide bonds. The lowest BCUT2D eigenvalue weighted by atomic mass is 10.2. The minimum atomic E-state index is -0.0644. The summed E-state index contributed by atoms with van der Waals surface area (Å²) in [6.07, 6.45) is 0. The van der Waals surface area contributed by atoms with Crippen molar-refractivity contribution in [3.05, 3.63) is 29.8 Å². The fraction of sp³-hybridized carbons (Fsp3) is 0.417. The third-order valence-corrected chi connectivity index (χ3v) is 2.49. The van der Waals surface area contributed by atoms with Crippen molar-refractivity contribution in [2.45, 2.75) is 20.4 Å². The predicted octanol–water partition coefficient (Wildman–Crippen LogP) is 2.02. The number of hydrogen-bond acceptors (Lipinski definition) is 2. The highest BCUT2D eigenvalue weighted by molar-refractivity contribution is 5.89. The number of benzene rings is 1. The van der Waals surface area contributed by atoms with Crippen LogP contribution >= 0.6 is 0 Å². The molecule has 0 unspecified atom stereocenters. The number of nitrogens with zero attached hydrogens (tertiary/aromatic N) is 1. The van der Waals surface area contributed by atoms with E-state index < -0.39 is 0 Å². The Morgan fingerprint density at radius 3 is 2.25 bits per heavy atom. The molecule has 1 rings (SSSR count). The lowest BCUT2D eigenvalue weighted by Crippen LogP contribution is -2.34. The van der Waals surface area contributed by atoms with E-state index in [1.807, 2.05) is 38.1 Å². The van der Waals surface area contributed by atoms with Crippen LogP contribution in [0.4, 0.5) is 10.5 Å². The van der Waals surface area contributed by atoms with Crippen LogP contribution in [0.2, 0.25) is 0 Å². The summed E-state index contributed by atoms with van der Waals surface area (Å²) in [6.45, 7) is 5.86. The van der Waals surface area contributed by atoms with E-state index >= 15 is 0 Å². The molecule has 16 heavy (non-hydrogen) atoms. The van der Waals surface area contributed by atoms with Crippen molar-refractivity contribution in [3.63, 3.8) is 0 Å². The Labute approximate surface area is 96.4 Å². The fourth-order valence-electron chi connectivity index (χ4n) is 1.44. The second-order valence-electron chi connectivity index (χ2n) is 3.50. The predicted molar refractivity (Wildman–Crippen MR) is 66.3 cm³/mol. The summed E-state index contributed by atoms with van der Waals surface area (Å²) in [5, 5.41) is 2.84. The van der Waals surface area contributed by atoms with Gasteiger partial charge in [-0.2, -0.15) is 0 Å². The van der Waals surface area contributed by atoms with Gasteiger partial charge in [0.1, 0.15) is 0 Å². The maximum atomic E-state index is 11.7. The third-order valence-electron chi connectivity index (χ3n) is 2.49. The first-order chi connectivity index (χ1) is 7.71. The van der Waals surface area contributed by atoms with Crippen LogP contribution in [-0.2, 0) is 6.54 Å². The van der Waals surface area contributed by atoms with Crippen LogP contribution in [0.25, 0.3) is 0 Å². The van der Waals surface area contributed by atoms with Crippen molar-refractivity contribution in [3.8, 4) is 0 Å². The van der Waals surface area contributed by atoms with Crippen LogP contribution in [0.3, 0.4) is 0 Å². The first-order valence-electron chi connectivity index (χ1n) is 5.56. The van der Waals surface area contributed by atoms with Gasteiger partial charge in [0.2, 0.25) is 0 Å². The molecule has 0 bridgehead atoms. The van der Waals surface area contributed by atoms with Gasteiger partial charge in [-0.1, -0.05) is 12.1 Å². The van der Waals surface area contributed by atoms with Gasteiger partial charge in [0, 0.05) is 25.3 Å². The lowest BCUT2D eigenvalue weighted by Gasteiger charge is -2.19. The quantitative estimate of drug-likeness (QED) is 0.817. The Bertz CT molecular complexity index is 331. The molecule has 0 saturated carbocycles. The van der Waals surface area contributed by atoms with E-state index in [2.05, 4.69) is 5.32 Å². The number of amides is 2. The minimum absolute atomic E-state index is 0.0644. The smallest absolute Gasteiger partial charge is 0.321 e. The molecular formula is C12H19N3O. The number of carbonyl (C=O) groups is 1. The number of anilines is 1. The molecule has 4 heteroatoms. The topological polar surface area (TPSA) is 58.4 Å². The Hall–Kier alpha value is -1.55. The first-order valence-corrected chi connectivity index (χ1v) is 5.56. The van der Waals surface area contributed by atoms with Crippen molar-refractivity contribution in [2.75, 3.05) is 18.4 Å². The second kappa shape index (κ2) is 6.12. The molecule has 0 aliphatic carbocycles. The normalized spacial score (nSPS) is 9.94. The zero-order valence-corrected chi connectivity index (χ0v) is 9.86. The van der Waals surface area contributed by atoms with Crippen LogP contribution in [0, 0.1) is 0 Å². The molecule has 0 atom stereocenters. The van der Waals surface area contributed by atoms with Gasteiger partial charge in [-0.25, -0.2) is 4.79 Å². The molecular weight excluding hydrogens is 202 g/mol. The van der Waals surface area contributed by atoms with E-state index in [1.54, 1.807) is 4.90 Å². The summed E-state index contributed by atoms with van der Waals surface area (Å²) in [7, 11) is 0. The molecule has 0 saturated heterocycles. The Morgan fingerprint density at radius 1 is 1.25 bits per heavy atom. The third kappa shape index (κ3) is 3.24. The molecule has 1 aromatic rings. The maximum absolute atomic E-state index is 11.7. The summed E-state index contributed by atoms with van der Waals surface area (Å²) in [6, 6.07) is 7.49. The molecule has 3 N–H and O–H groups in total. The number of hydrogen-bond donors (Lipinski definition) is 2. The number of urea groups is 1. The summed E-state index contributed by atoms with van der Waals surface area (Å²) < 4.78 is 0. The lowest BCUT2D eigenvalue weighted by molar-refractivity contribution is 0.217. The number of nitrogens with two attached hydrogens (primary N) is 1. The van der Waals surface area contributed by atoms with E-state index in [4.69, 9.17) is 5.73 Å². The molecule has 0 radical (unpaired) electrons. The van der Waals surface area contributed by atoms with Gasteiger partial charge < -0.3 is 16.0 Å². The number of carbonyl (C=O) groups excluding carboxylic acids is 1. The minimum Gasteiger partial charge on any atom is -0.326 e. The summed E-state index contributed by atoms with van der Waals surface area (Å²) in [5.74, 6) is 0. The van der Waals surface area contributed by atoms with E-state index in [9.17, 15) is 4.79 Å². The standard InChI is InChI=1S/C12H19N3O/c1-3-15(4-2)12(16)14-11-7-5-10(9-13)6-8-11/h5-8H,3-4,9,13H2,1-2H3,(H,14,16). The summed E-state index contributed by atoms with van der Waals surface area (Å²) >= 11 is 0. The van der Waals surface area contributed by atoms with Gasteiger partial charge in [-0.15, -0.1) is 0 Å². The van der Waals surface area contributed by atoms with Crippen LogP contribution in [0.1, 0.15) is 19.4 Å². The SMILES string of the molecule is CCN(CC)C(=O)Nc1ccc(CN)cc1. The van der Waals surface area contributed by atoms with E-state index in [0.29, 0.717) is 19.6 Å². The number of nitrogens with one attached hydrogen (secondary N) is 1.